The molecule has 0 saturated heterocycles. The molecule has 9 fully saturated rings. The fourth-order valence-electron chi connectivity index (χ4n) is 6.11. The Kier molecular flexibility index (Phi) is 0.177. The van der Waals surface area contributed by atoms with Crippen LogP contribution in [0.5, 0.6) is 0 Å². The van der Waals surface area contributed by atoms with Crippen molar-refractivity contribution >= 4 is 0 Å². The van der Waals surface area contributed by atoms with Crippen molar-refractivity contribution < 1.29 is 0 Å². The molecule has 0 N–H and O–H groups in total. The third-order valence-electron chi connectivity index (χ3n) is 5.84. The molecule has 6 bridgehead atoms. The standard InChI is InChI=1S/C9H10/c1-7-2-8-5-4(7)6(8)9(5,8)3-7/h4-6H,2-3H2,1H3. The van der Waals surface area contributed by atoms with Crippen LogP contribution < -0.4 is 0 Å². The minimum atomic E-state index is 0.898. The Morgan fingerprint density at radius 2 is 1.67 bits per heavy atom. The summed E-state index contributed by atoms with van der Waals surface area (Å²) in [5.74, 6) is 3.87. The molecule has 0 aromatic heterocycles. The lowest BCUT2D eigenvalue weighted by molar-refractivity contribution is 0.114. The SMILES string of the molecule is CC12CC34C5C1C3C54C2. The molecule has 9 saturated carbocycles. The van der Waals surface area contributed by atoms with Crippen LogP contribution in [0, 0.1) is 34.0 Å². The lowest BCUT2D eigenvalue weighted by Crippen LogP contribution is -2.32. The smallest absolute Gasteiger partial charge is 0.0156 e. The topological polar surface area (TPSA) is 0 Å². The van der Waals surface area contributed by atoms with Crippen molar-refractivity contribution in [2.24, 2.45) is 34.0 Å². The molecule has 0 unspecified atom stereocenters. The first-order valence-electron chi connectivity index (χ1n) is 4.27. The van der Waals surface area contributed by atoms with E-state index in [-0.39, 0.29) is 0 Å². The fourth-order valence-corrected chi connectivity index (χ4v) is 6.11. The van der Waals surface area contributed by atoms with Crippen molar-refractivity contribution in [1.82, 2.24) is 0 Å². The van der Waals surface area contributed by atoms with Gasteiger partial charge in [0.05, 0.1) is 0 Å². The van der Waals surface area contributed by atoms with E-state index in [0.29, 0.717) is 0 Å². The fraction of sp³-hybridized carbons (Fsp3) is 1.00. The summed E-state index contributed by atoms with van der Waals surface area (Å²) < 4.78 is 0. The Morgan fingerprint density at radius 3 is 1.78 bits per heavy atom. The van der Waals surface area contributed by atoms with E-state index >= 15 is 0 Å². The lowest BCUT2D eigenvalue weighted by atomic mass is 9.69. The molecule has 0 heteroatoms. The van der Waals surface area contributed by atoms with Crippen molar-refractivity contribution in [2.75, 3.05) is 0 Å². The second-order valence-electron chi connectivity index (χ2n) is 5.57. The van der Waals surface area contributed by atoms with Gasteiger partial charge in [0.2, 0.25) is 0 Å². The molecule has 0 aromatic carbocycles. The van der Waals surface area contributed by atoms with E-state index in [2.05, 4.69) is 6.92 Å². The Hall–Kier alpha value is 0. The predicted octanol–water partition coefficient (Wildman–Crippen LogP) is 1.66. The number of hydrogen-bond donors (Lipinski definition) is 0. The molecule has 0 aliphatic heterocycles. The van der Waals surface area contributed by atoms with Gasteiger partial charge in [-0.25, -0.2) is 0 Å². The average Bonchev–Trinajstić information content (AvgIpc) is 2.26. The first kappa shape index (κ1) is 3.41. The summed E-state index contributed by atoms with van der Waals surface area (Å²) in [6.07, 6.45) is 3.31. The summed E-state index contributed by atoms with van der Waals surface area (Å²) in [5.41, 5.74) is 3.02. The molecule has 9 heavy (non-hydrogen) atoms. The van der Waals surface area contributed by atoms with Gasteiger partial charge in [-0.15, -0.1) is 0 Å². The second kappa shape index (κ2) is 0.466. The largest absolute Gasteiger partial charge is 0.0593 e. The zero-order valence-corrected chi connectivity index (χ0v) is 5.65. The summed E-state index contributed by atoms with van der Waals surface area (Å²) in [7, 11) is 0. The van der Waals surface area contributed by atoms with Crippen LogP contribution in [0.2, 0.25) is 0 Å². The monoisotopic (exact) mass is 118 g/mol. The van der Waals surface area contributed by atoms with Crippen molar-refractivity contribution in [3.05, 3.63) is 0 Å². The van der Waals surface area contributed by atoms with Gasteiger partial charge in [-0.1, -0.05) is 6.92 Å². The van der Waals surface area contributed by atoms with Crippen LogP contribution in [0.3, 0.4) is 0 Å². The van der Waals surface area contributed by atoms with E-state index in [1.807, 2.05) is 0 Å². The van der Waals surface area contributed by atoms with Crippen LogP contribution in [0.1, 0.15) is 19.8 Å². The van der Waals surface area contributed by atoms with Gasteiger partial charge >= 0.3 is 0 Å². The predicted molar refractivity (Wildman–Crippen MR) is 32.7 cm³/mol. The summed E-state index contributed by atoms with van der Waals surface area (Å²) in [6.45, 7) is 2.55. The summed E-state index contributed by atoms with van der Waals surface area (Å²) in [6, 6.07) is 0. The lowest BCUT2D eigenvalue weighted by Gasteiger charge is -2.34. The second-order valence-corrected chi connectivity index (χ2v) is 5.57. The van der Waals surface area contributed by atoms with Gasteiger partial charge in [-0.05, 0) is 46.8 Å². The van der Waals surface area contributed by atoms with Gasteiger partial charge in [0.25, 0.3) is 0 Å². The molecule has 0 atom stereocenters. The Labute approximate surface area is 54.6 Å². The van der Waals surface area contributed by atoms with Gasteiger partial charge in [0.15, 0.2) is 0 Å². The highest BCUT2D eigenvalue weighted by Crippen LogP contribution is 3.22. The molecule has 0 amide bonds. The van der Waals surface area contributed by atoms with Crippen molar-refractivity contribution in [3.63, 3.8) is 0 Å². The Balaban J connectivity index is 2.10. The van der Waals surface area contributed by atoms with E-state index in [9.17, 15) is 0 Å². The Bertz CT molecular complexity index is 244. The average molecular weight is 118 g/mol. The summed E-state index contributed by atoms with van der Waals surface area (Å²) in [4.78, 5) is 0. The van der Waals surface area contributed by atoms with Crippen LogP contribution in [0.15, 0.2) is 0 Å². The molecule has 0 heterocycles. The van der Waals surface area contributed by atoms with E-state index in [1.54, 1.807) is 12.8 Å². The first-order chi connectivity index (χ1) is 4.27. The molecule has 9 aliphatic carbocycles. The maximum absolute atomic E-state index is 2.55. The molecule has 9 rings (SSSR count). The van der Waals surface area contributed by atoms with E-state index < -0.39 is 0 Å². The minimum Gasteiger partial charge on any atom is -0.0593 e. The maximum Gasteiger partial charge on any atom is -0.0156 e. The van der Waals surface area contributed by atoms with Crippen molar-refractivity contribution in [3.8, 4) is 0 Å². The van der Waals surface area contributed by atoms with Crippen molar-refractivity contribution in [2.45, 2.75) is 19.8 Å². The molecule has 9 aliphatic rings. The Morgan fingerprint density at radius 1 is 1.11 bits per heavy atom. The van der Waals surface area contributed by atoms with E-state index in [4.69, 9.17) is 0 Å². The molecule has 2 spiro atoms. The first-order valence-corrected chi connectivity index (χ1v) is 4.27. The van der Waals surface area contributed by atoms with Gasteiger partial charge < -0.3 is 0 Å². The quantitative estimate of drug-likeness (QED) is 0.454. The molecular formula is C9H10. The molecular weight excluding hydrogens is 108 g/mol. The summed E-state index contributed by atoms with van der Waals surface area (Å²) >= 11 is 0. The molecule has 0 radical (unpaired) electrons. The summed E-state index contributed by atoms with van der Waals surface area (Å²) in [5, 5.41) is 0. The number of hydrogen-bond acceptors (Lipinski definition) is 0. The van der Waals surface area contributed by atoms with Crippen LogP contribution >= 0.6 is 0 Å². The van der Waals surface area contributed by atoms with Crippen LogP contribution in [0.25, 0.3) is 0 Å². The van der Waals surface area contributed by atoms with Gasteiger partial charge in [-0.3, -0.25) is 0 Å². The number of rotatable bonds is 0. The molecule has 0 aromatic rings. The van der Waals surface area contributed by atoms with Gasteiger partial charge in [-0.2, -0.15) is 0 Å². The highest BCUT2D eigenvalue weighted by molar-refractivity contribution is 5.64. The third kappa shape index (κ3) is 0.0952. The maximum atomic E-state index is 2.55. The van der Waals surface area contributed by atoms with Gasteiger partial charge in [0, 0.05) is 0 Å². The molecule has 46 valence electrons. The normalized spacial score (nSPS) is 106. The highest BCUT2D eigenvalue weighted by Gasteiger charge is 3.18. The molecule has 0 nitrogen and oxygen atoms in total. The van der Waals surface area contributed by atoms with Crippen molar-refractivity contribution in [1.29, 1.82) is 0 Å². The zero-order valence-electron chi connectivity index (χ0n) is 5.65. The van der Waals surface area contributed by atoms with Crippen LogP contribution in [-0.4, -0.2) is 0 Å². The zero-order chi connectivity index (χ0) is 5.65. The highest BCUT2D eigenvalue weighted by atomic mass is 15.2. The van der Waals surface area contributed by atoms with E-state index in [0.717, 1.165) is 16.2 Å². The van der Waals surface area contributed by atoms with E-state index in [1.165, 1.54) is 17.8 Å². The third-order valence-corrected chi connectivity index (χ3v) is 5.84. The van der Waals surface area contributed by atoms with Crippen LogP contribution in [-0.2, 0) is 0 Å². The minimum absolute atomic E-state index is 0.898. The van der Waals surface area contributed by atoms with Gasteiger partial charge in [0.1, 0.15) is 0 Å². The van der Waals surface area contributed by atoms with Crippen LogP contribution in [0.4, 0.5) is 0 Å².